The van der Waals surface area contributed by atoms with E-state index in [0.29, 0.717) is 12.4 Å². The standard InChI is InChI=1S/C11H18N4OS/c1-4-16-11(2,3)10-13-8-6-17-5-7(8)9(14-10)15-12/h4-6,12H2,1-3H3,(H,13,14,15). The first-order chi connectivity index (χ1) is 8.08. The minimum Gasteiger partial charge on any atom is -0.368 e. The Balaban J connectivity index is 2.43. The summed E-state index contributed by atoms with van der Waals surface area (Å²) in [4.78, 5) is 9.07. The molecule has 94 valence electrons. The van der Waals surface area contributed by atoms with Crippen molar-refractivity contribution in [1.82, 2.24) is 9.97 Å². The molecule has 0 saturated carbocycles. The van der Waals surface area contributed by atoms with Gasteiger partial charge in [-0.2, -0.15) is 11.8 Å². The van der Waals surface area contributed by atoms with Crippen molar-refractivity contribution in [2.24, 2.45) is 5.84 Å². The van der Waals surface area contributed by atoms with Gasteiger partial charge in [0.25, 0.3) is 0 Å². The molecule has 2 rings (SSSR count). The van der Waals surface area contributed by atoms with Crippen LogP contribution < -0.4 is 11.3 Å². The minimum absolute atomic E-state index is 0.483. The Morgan fingerprint density at radius 2 is 2.18 bits per heavy atom. The number of hydrogen-bond acceptors (Lipinski definition) is 6. The van der Waals surface area contributed by atoms with Gasteiger partial charge in [0.1, 0.15) is 11.4 Å². The maximum absolute atomic E-state index is 5.67. The number of ether oxygens (including phenoxy) is 1. The van der Waals surface area contributed by atoms with E-state index in [4.69, 9.17) is 10.6 Å². The van der Waals surface area contributed by atoms with Crippen LogP contribution in [0.1, 0.15) is 37.9 Å². The van der Waals surface area contributed by atoms with Crippen LogP contribution in [0.2, 0.25) is 0 Å². The SMILES string of the molecule is CCOC(C)(C)c1nc2c(c(NN)n1)CSC2. The molecule has 1 aromatic rings. The largest absolute Gasteiger partial charge is 0.368 e. The summed E-state index contributed by atoms with van der Waals surface area (Å²) in [6.07, 6.45) is 0. The molecular weight excluding hydrogens is 236 g/mol. The van der Waals surface area contributed by atoms with E-state index in [9.17, 15) is 0 Å². The van der Waals surface area contributed by atoms with Crippen molar-refractivity contribution in [3.63, 3.8) is 0 Å². The number of nitrogens with two attached hydrogens (primary N) is 1. The van der Waals surface area contributed by atoms with Gasteiger partial charge < -0.3 is 10.2 Å². The number of aromatic nitrogens is 2. The lowest BCUT2D eigenvalue weighted by atomic mass is 10.1. The Kier molecular flexibility index (Phi) is 3.56. The van der Waals surface area contributed by atoms with Crippen LogP contribution in [-0.4, -0.2) is 16.6 Å². The number of thioether (sulfide) groups is 1. The second kappa shape index (κ2) is 4.80. The lowest BCUT2D eigenvalue weighted by Gasteiger charge is -2.24. The summed E-state index contributed by atoms with van der Waals surface area (Å²) >= 11 is 1.83. The molecule has 5 nitrogen and oxygen atoms in total. The summed E-state index contributed by atoms with van der Waals surface area (Å²) < 4.78 is 5.67. The molecule has 1 aromatic heterocycles. The lowest BCUT2D eigenvalue weighted by Crippen LogP contribution is -2.26. The molecule has 0 fully saturated rings. The Morgan fingerprint density at radius 1 is 1.41 bits per heavy atom. The fourth-order valence-electron chi connectivity index (χ4n) is 1.87. The highest BCUT2D eigenvalue weighted by molar-refractivity contribution is 7.98. The van der Waals surface area contributed by atoms with Gasteiger partial charge in [0, 0.05) is 23.7 Å². The normalized spacial score (nSPS) is 14.8. The van der Waals surface area contributed by atoms with E-state index in [1.54, 1.807) is 0 Å². The summed E-state index contributed by atoms with van der Waals surface area (Å²) in [6.45, 7) is 6.54. The predicted molar refractivity (Wildman–Crippen MR) is 69.5 cm³/mol. The van der Waals surface area contributed by atoms with Crippen molar-refractivity contribution in [2.45, 2.75) is 37.9 Å². The number of nitrogens with one attached hydrogen (secondary N) is 1. The molecule has 0 aromatic carbocycles. The van der Waals surface area contributed by atoms with Crippen molar-refractivity contribution in [3.05, 3.63) is 17.1 Å². The fourth-order valence-corrected chi connectivity index (χ4v) is 2.91. The third-order valence-corrected chi connectivity index (χ3v) is 3.73. The van der Waals surface area contributed by atoms with Crippen LogP contribution in [0.15, 0.2) is 0 Å². The van der Waals surface area contributed by atoms with Crippen molar-refractivity contribution in [2.75, 3.05) is 12.0 Å². The Labute approximate surface area is 106 Å². The number of fused-ring (bicyclic) bond motifs is 1. The van der Waals surface area contributed by atoms with Crippen LogP contribution in [-0.2, 0) is 21.8 Å². The minimum atomic E-state index is -0.483. The summed E-state index contributed by atoms with van der Waals surface area (Å²) in [5.74, 6) is 8.77. The molecule has 0 unspecified atom stereocenters. The molecule has 0 atom stereocenters. The number of nitrogens with zero attached hydrogens (tertiary/aromatic N) is 2. The van der Waals surface area contributed by atoms with E-state index in [2.05, 4.69) is 15.4 Å². The van der Waals surface area contributed by atoms with Gasteiger partial charge in [-0.3, -0.25) is 0 Å². The van der Waals surface area contributed by atoms with Crippen LogP contribution in [0.5, 0.6) is 0 Å². The first-order valence-electron chi connectivity index (χ1n) is 5.67. The Hall–Kier alpha value is -0.850. The second-order valence-corrected chi connectivity index (χ2v) is 5.39. The van der Waals surface area contributed by atoms with E-state index in [1.165, 1.54) is 0 Å². The molecule has 0 aliphatic carbocycles. The lowest BCUT2D eigenvalue weighted by molar-refractivity contribution is -0.0208. The van der Waals surface area contributed by atoms with Crippen LogP contribution in [0, 0.1) is 0 Å². The van der Waals surface area contributed by atoms with Crippen LogP contribution in [0.3, 0.4) is 0 Å². The molecular formula is C11H18N4OS. The summed E-state index contributed by atoms with van der Waals surface area (Å²) in [7, 11) is 0. The molecule has 0 radical (unpaired) electrons. The van der Waals surface area contributed by atoms with Crippen LogP contribution in [0.25, 0.3) is 0 Å². The maximum Gasteiger partial charge on any atom is 0.162 e. The van der Waals surface area contributed by atoms with Gasteiger partial charge in [0.15, 0.2) is 5.82 Å². The third-order valence-electron chi connectivity index (χ3n) is 2.76. The first-order valence-corrected chi connectivity index (χ1v) is 6.82. The second-order valence-electron chi connectivity index (χ2n) is 4.40. The van der Waals surface area contributed by atoms with Crippen molar-refractivity contribution in [1.29, 1.82) is 0 Å². The predicted octanol–water partition coefficient (Wildman–Crippen LogP) is 1.78. The molecule has 6 heteroatoms. The maximum atomic E-state index is 5.67. The topological polar surface area (TPSA) is 73.1 Å². The molecule has 1 aliphatic heterocycles. The monoisotopic (exact) mass is 254 g/mol. The van der Waals surface area contributed by atoms with E-state index >= 15 is 0 Å². The van der Waals surface area contributed by atoms with E-state index in [0.717, 1.165) is 28.6 Å². The summed E-state index contributed by atoms with van der Waals surface area (Å²) in [6, 6.07) is 0. The number of hydrazine groups is 1. The van der Waals surface area contributed by atoms with Gasteiger partial charge in [-0.1, -0.05) is 0 Å². The Morgan fingerprint density at radius 3 is 2.82 bits per heavy atom. The van der Waals surface area contributed by atoms with Gasteiger partial charge in [-0.25, -0.2) is 15.8 Å². The zero-order valence-electron chi connectivity index (χ0n) is 10.4. The molecule has 0 saturated heterocycles. The van der Waals surface area contributed by atoms with E-state index in [-0.39, 0.29) is 0 Å². The number of rotatable bonds is 4. The number of hydrogen-bond donors (Lipinski definition) is 2. The molecule has 0 bridgehead atoms. The van der Waals surface area contributed by atoms with Crippen molar-refractivity contribution < 1.29 is 4.74 Å². The van der Waals surface area contributed by atoms with E-state index < -0.39 is 5.60 Å². The zero-order valence-corrected chi connectivity index (χ0v) is 11.2. The van der Waals surface area contributed by atoms with E-state index in [1.807, 2.05) is 32.5 Å². The highest BCUT2D eigenvalue weighted by atomic mass is 32.2. The van der Waals surface area contributed by atoms with Gasteiger partial charge in [-0.05, 0) is 20.8 Å². The quantitative estimate of drug-likeness (QED) is 0.630. The van der Waals surface area contributed by atoms with Gasteiger partial charge in [-0.15, -0.1) is 0 Å². The number of anilines is 1. The molecule has 17 heavy (non-hydrogen) atoms. The smallest absolute Gasteiger partial charge is 0.162 e. The van der Waals surface area contributed by atoms with Gasteiger partial charge >= 0.3 is 0 Å². The highest BCUT2D eigenvalue weighted by Crippen LogP contribution is 2.34. The fraction of sp³-hybridized carbons (Fsp3) is 0.636. The molecule has 3 N–H and O–H groups in total. The average Bonchev–Trinajstić information content (AvgIpc) is 2.75. The Bertz CT molecular complexity index is 422. The molecule has 0 spiro atoms. The number of nitrogen functional groups attached to an aromatic ring is 1. The van der Waals surface area contributed by atoms with Crippen LogP contribution in [0.4, 0.5) is 5.82 Å². The molecule has 2 heterocycles. The van der Waals surface area contributed by atoms with Gasteiger partial charge in [0.2, 0.25) is 0 Å². The van der Waals surface area contributed by atoms with Crippen molar-refractivity contribution >= 4 is 17.6 Å². The zero-order chi connectivity index (χ0) is 12.5. The van der Waals surface area contributed by atoms with Gasteiger partial charge in [0.05, 0.1) is 5.69 Å². The third kappa shape index (κ3) is 2.38. The highest BCUT2D eigenvalue weighted by Gasteiger charge is 2.28. The molecule has 1 aliphatic rings. The molecule has 0 amide bonds. The first kappa shape index (κ1) is 12.6. The average molecular weight is 254 g/mol. The van der Waals surface area contributed by atoms with Crippen LogP contribution >= 0.6 is 11.8 Å². The summed E-state index contributed by atoms with van der Waals surface area (Å²) in [5, 5.41) is 0. The van der Waals surface area contributed by atoms with Crippen molar-refractivity contribution in [3.8, 4) is 0 Å². The summed E-state index contributed by atoms with van der Waals surface area (Å²) in [5.41, 5.74) is 4.37.